The van der Waals surface area contributed by atoms with E-state index >= 15 is 0 Å². The van der Waals surface area contributed by atoms with E-state index in [0.717, 1.165) is 18.6 Å². The Kier molecular flexibility index (Phi) is 5.98. The number of hydrogen-bond donors (Lipinski definition) is 1. The highest BCUT2D eigenvalue weighted by Crippen LogP contribution is 2.16. The number of benzene rings is 1. The summed E-state index contributed by atoms with van der Waals surface area (Å²) >= 11 is 4.95. The second-order valence-corrected chi connectivity index (χ2v) is 4.64. The van der Waals surface area contributed by atoms with Gasteiger partial charge in [-0.15, -0.1) is 0 Å². The van der Waals surface area contributed by atoms with Crippen molar-refractivity contribution < 1.29 is 4.74 Å². The van der Waals surface area contributed by atoms with Gasteiger partial charge in [0.05, 0.1) is 0 Å². The summed E-state index contributed by atoms with van der Waals surface area (Å²) in [4.78, 5) is 0.419. The molecule has 2 nitrogen and oxygen atoms in total. The van der Waals surface area contributed by atoms with Gasteiger partial charge in [0.15, 0.2) is 0 Å². The molecule has 0 aliphatic heterocycles. The van der Waals surface area contributed by atoms with Gasteiger partial charge in [0.2, 0.25) is 0 Å². The van der Waals surface area contributed by atoms with E-state index in [2.05, 4.69) is 19.1 Å². The first-order chi connectivity index (χ1) is 8.17. The third-order valence-electron chi connectivity index (χ3n) is 2.71. The monoisotopic (exact) mass is 251 g/mol. The molecule has 1 atom stereocenters. The summed E-state index contributed by atoms with van der Waals surface area (Å²) < 4.78 is 5.72. The Morgan fingerprint density at radius 1 is 1.29 bits per heavy atom. The van der Waals surface area contributed by atoms with Crippen LogP contribution in [-0.4, -0.2) is 11.1 Å². The third-order valence-corrected chi connectivity index (χ3v) is 2.97. The van der Waals surface area contributed by atoms with E-state index < -0.39 is 0 Å². The number of rotatable bonds is 7. The van der Waals surface area contributed by atoms with Crippen LogP contribution in [0.3, 0.4) is 0 Å². The molecule has 1 aromatic rings. The molecular weight excluding hydrogens is 230 g/mol. The lowest BCUT2D eigenvalue weighted by Crippen LogP contribution is -2.31. The van der Waals surface area contributed by atoms with Crippen molar-refractivity contribution in [1.29, 1.82) is 0 Å². The molecule has 0 aromatic heterocycles. The molecule has 0 spiro atoms. The Balaban J connectivity index is 2.58. The van der Waals surface area contributed by atoms with Crippen LogP contribution in [0.15, 0.2) is 24.3 Å². The molecule has 1 aromatic carbocycles. The number of unbranched alkanes of at least 4 members (excludes halogenated alkanes) is 1. The van der Waals surface area contributed by atoms with Crippen LogP contribution in [0.25, 0.3) is 0 Å². The first-order valence-electron chi connectivity index (χ1n) is 6.22. The van der Waals surface area contributed by atoms with Crippen molar-refractivity contribution in [3.8, 4) is 5.75 Å². The number of ether oxygens (including phenoxy) is 1. The van der Waals surface area contributed by atoms with Crippen molar-refractivity contribution in [2.75, 3.05) is 0 Å². The zero-order valence-electron chi connectivity index (χ0n) is 10.6. The number of thiocarbonyl (C=S) groups is 1. The van der Waals surface area contributed by atoms with Crippen LogP contribution >= 0.6 is 12.2 Å². The molecule has 0 bridgehead atoms. The summed E-state index contributed by atoms with van der Waals surface area (Å²) in [5.74, 6) is 0.838. The summed E-state index contributed by atoms with van der Waals surface area (Å²) in [6, 6.07) is 8.20. The quantitative estimate of drug-likeness (QED) is 0.754. The first kappa shape index (κ1) is 14.0. The maximum Gasteiger partial charge on any atom is 0.148 e. The summed E-state index contributed by atoms with van der Waals surface area (Å²) in [5.41, 5.74) is 6.95. The standard InChI is InChI=1S/C14H21NOS/c1-3-5-6-11-7-9-12(10-8-11)16-13(4-2)14(15)17/h7-10,13H,3-6H2,1-2H3,(H2,15,17). The summed E-state index contributed by atoms with van der Waals surface area (Å²) in [6.07, 6.45) is 4.21. The number of hydrogen-bond acceptors (Lipinski definition) is 2. The largest absolute Gasteiger partial charge is 0.483 e. The van der Waals surface area contributed by atoms with Crippen LogP contribution < -0.4 is 10.5 Å². The van der Waals surface area contributed by atoms with Crippen LogP contribution in [0.4, 0.5) is 0 Å². The zero-order valence-corrected chi connectivity index (χ0v) is 11.4. The predicted molar refractivity (Wildman–Crippen MR) is 76.5 cm³/mol. The van der Waals surface area contributed by atoms with E-state index in [9.17, 15) is 0 Å². The lowest BCUT2D eigenvalue weighted by molar-refractivity contribution is 0.264. The molecule has 1 unspecified atom stereocenters. The molecule has 1 rings (SSSR count). The van der Waals surface area contributed by atoms with Crippen LogP contribution in [0.1, 0.15) is 38.7 Å². The van der Waals surface area contributed by atoms with Gasteiger partial charge in [-0.1, -0.05) is 44.6 Å². The minimum atomic E-state index is -0.161. The van der Waals surface area contributed by atoms with Crippen molar-refractivity contribution in [3.63, 3.8) is 0 Å². The molecule has 0 aliphatic carbocycles. The van der Waals surface area contributed by atoms with Gasteiger partial charge in [-0.25, -0.2) is 0 Å². The Labute approximate surface area is 109 Å². The van der Waals surface area contributed by atoms with Crippen LogP contribution in [0, 0.1) is 0 Å². The first-order valence-corrected chi connectivity index (χ1v) is 6.63. The second kappa shape index (κ2) is 7.28. The highest BCUT2D eigenvalue weighted by molar-refractivity contribution is 7.80. The van der Waals surface area contributed by atoms with Crippen LogP contribution in [-0.2, 0) is 6.42 Å². The number of nitrogens with two attached hydrogens (primary N) is 1. The van der Waals surface area contributed by atoms with Crippen LogP contribution in [0.5, 0.6) is 5.75 Å². The molecule has 0 aliphatic rings. The molecule has 0 saturated heterocycles. The maximum absolute atomic E-state index is 5.72. The van der Waals surface area contributed by atoms with Gasteiger partial charge < -0.3 is 10.5 Å². The average Bonchev–Trinajstić information content (AvgIpc) is 2.34. The van der Waals surface area contributed by atoms with Gasteiger partial charge in [0, 0.05) is 0 Å². The van der Waals surface area contributed by atoms with Gasteiger partial charge in [-0.3, -0.25) is 0 Å². The fourth-order valence-corrected chi connectivity index (χ4v) is 1.84. The van der Waals surface area contributed by atoms with Crippen molar-refractivity contribution in [3.05, 3.63) is 29.8 Å². The molecule has 0 radical (unpaired) electrons. The lowest BCUT2D eigenvalue weighted by Gasteiger charge is -2.16. The van der Waals surface area contributed by atoms with Crippen molar-refractivity contribution in [2.24, 2.45) is 5.73 Å². The molecule has 17 heavy (non-hydrogen) atoms. The topological polar surface area (TPSA) is 35.2 Å². The van der Waals surface area contributed by atoms with E-state index in [0.29, 0.717) is 4.99 Å². The van der Waals surface area contributed by atoms with Gasteiger partial charge in [-0.2, -0.15) is 0 Å². The Hall–Kier alpha value is -1.09. The molecular formula is C14H21NOS. The van der Waals surface area contributed by atoms with Gasteiger partial charge >= 0.3 is 0 Å². The van der Waals surface area contributed by atoms with E-state index in [1.807, 2.05) is 19.1 Å². The maximum atomic E-state index is 5.72. The smallest absolute Gasteiger partial charge is 0.148 e. The van der Waals surface area contributed by atoms with Gasteiger partial charge in [-0.05, 0) is 37.0 Å². The number of aryl methyl sites for hydroxylation is 1. The third kappa shape index (κ3) is 4.73. The van der Waals surface area contributed by atoms with Crippen molar-refractivity contribution >= 4 is 17.2 Å². The summed E-state index contributed by atoms with van der Waals surface area (Å²) in [7, 11) is 0. The highest BCUT2D eigenvalue weighted by Gasteiger charge is 2.10. The molecule has 0 amide bonds. The van der Waals surface area contributed by atoms with Crippen molar-refractivity contribution in [1.82, 2.24) is 0 Å². The Bertz CT molecular complexity index is 348. The fraction of sp³-hybridized carbons (Fsp3) is 0.500. The molecule has 3 heteroatoms. The second-order valence-electron chi connectivity index (χ2n) is 4.16. The molecule has 0 fully saturated rings. The highest BCUT2D eigenvalue weighted by atomic mass is 32.1. The molecule has 0 saturated carbocycles. The van der Waals surface area contributed by atoms with E-state index in [4.69, 9.17) is 22.7 Å². The van der Waals surface area contributed by atoms with E-state index in [1.165, 1.54) is 18.4 Å². The van der Waals surface area contributed by atoms with Gasteiger partial charge in [0.25, 0.3) is 0 Å². The molecule has 2 N–H and O–H groups in total. The molecule has 0 heterocycles. The van der Waals surface area contributed by atoms with Crippen molar-refractivity contribution in [2.45, 2.75) is 45.6 Å². The SMILES string of the molecule is CCCCc1ccc(OC(CC)C(N)=S)cc1. The van der Waals surface area contributed by atoms with E-state index in [1.54, 1.807) is 0 Å². The Morgan fingerprint density at radius 3 is 2.41 bits per heavy atom. The normalized spacial score (nSPS) is 12.1. The summed E-state index contributed by atoms with van der Waals surface area (Å²) in [5, 5.41) is 0. The summed E-state index contributed by atoms with van der Waals surface area (Å²) in [6.45, 7) is 4.21. The Morgan fingerprint density at radius 2 is 1.94 bits per heavy atom. The lowest BCUT2D eigenvalue weighted by atomic mass is 10.1. The fourth-order valence-electron chi connectivity index (χ4n) is 1.62. The van der Waals surface area contributed by atoms with Gasteiger partial charge in [0.1, 0.15) is 16.8 Å². The van der Waals surface area contributed by atoms with Crippen LogP contribution in [0.2, 0.25) is 0 Å². The molecule has 94 valence electrons. The average molecular weight is 251 g/mol. The van der Waals surface area contributed by atoms with E-state index in [-0.39, 0.29) is 6.10 Å². The zero-order chi connectivity index (χ0) is 12.7. The minimum absolute atomic E-state index is 0.161. The predicted octanol–water partition coefficient (Wildman–Crippen LogP) is 3.47. The minimum Gasteiger partial charge on any atom is -0.483 e.